The molecule has 1 heterocycles. The summed E-state index contributed by atoms with van der Waals surface area (Å²) in [6.07, 6.45) is 2.31. The molecule has 0 aromatic heterocycles. The number of ketones is 1. The number of halogens is 3. The van der Waals surface area contributed by atoms with E-state index in [4.69, 9.17) is 0 Å². The van der Waals surface area contributed by atoms with Gasteiger partial charge in [0.05, 0.1) is 6.04 Å². The normalized spacial score (nSPS) is 22.6. The number of alkyl halides is 3. The van der Waals surface area contributed by atoms with Gasteiger partial charge in [-0.1, -0.05) is 79.7 Å². The van der Waals surface area contributed by atoms with Crippen molar-refractivity contribution < 1.29 is 41.9 Å². The first-order chi connectivity index (χ1) is 23.2. The van der Waals surface area contributed by atoms with E-state index in [0.717, 1.165) is 19.3 Å². The first-order valence-corrected chi connectivity index (χ1v) is 17.9. The van der Waals surface area contributed by atoms with Crippen LogP contribution in [-0.2, 0) is 28.8 Å². The molecule has 1 aliphatic heterocycles. The van der Waals surface area contributed by atoms with E-state index in [1.54, 1.807) is 27.7 Å². The van der Waals surface area contributed by atoms with Crippen LogP contribution in [0.15, 0.2) is 12.7 Å². The Balaban J connectivity index is 1.93. The van der Waals surface area contributed by atoms with Crippen molar-refractivity contribution in [3.8, 4) is 0 Å². The molecule has 0 aromatic carbocycles. The molecule has 1 unspecified atom stereocenters. The number of amides is 5. The van der Waals surface area contributed by atoms with Gasteiger partial charge in [0.2, 0.25) is 23.5 Å². The van der Waals surface area contributed by atoms with Gasteiger partial charge in [-0.2, -0.15) is 13.2 Å². The van der Waals surface area contributed by atoms with Crippen LogP contribution in [0, 0.1) is 28.6 Å². The Kier molecular flexibility index (Phi) is 13.7. The summed E-state index contributed by atoms with van der Waals surface area (Å²) < 4.78 is 40.3. The number of nitrogens with zero attached hydrogens (tertiary/aromatic N) is 1. The number of carbonyl (C=O) groups excluding carboxylic acids is 6. The third-order valence-electron chi connectivity index (χ3n) is 10.3. The lowest BCUT2D eigenvalue weighted by molar-refractivity contribution is -0.176. The Hall–Kier alpha value is -3.45. The topological polar surface area (TPSA) is 154 Å². The van der Waals surface area contributed by atoms with E-state index in [-0.39, 0.29) is 37.3 Å². The van der Waals surface area contributed by atoms with Gasteiger partial charge in [-0.25, -0.2) is 0 Å². The van der Waals surface area contributed by atoms with Crippen LogP contribution in [0.4, 0.5) is 13.2 Å². The smallest absolute Gasteiger partial charge is 0.346 e. The summed E-state index contributed by atoms with van der Waals surface area (Å²) in [5, 5.41) is 9.87. The van der Waals surface area contributed by atoms with E-state index < -0.39 is 76.5 Å². The van der Waals surface area contributed by atoms with Crippen LogP contribution in [0.25, 0.3) is 0 Å². The maximum absolute atomic E-state index is 14.5. The molecule has 0 spiro atoms. The largest absolute Gasteiger partial charge is 0.471 e. The van der Waals surface area contributed by atoms with Crippen LogP contribution in [0.3, 0.4) is 0 Å². The van der Waals surface area contributed by atoms with Crippen molar-refractivity contribution in [2.45, 2.75) is 136 Å². The van der Waals surface area contributed by atoms with Gasteiger partial charge in [0.1, 0.15) is 18.1 Å². The first-order valence-electron chi connectivity index (χ1n) is 17.9. The fourth-order valence-corrected chi connectivity index (χ4v) is 7.35. The first kappa shape index (κ1) is 41.0. The number of likely N-dealkylation sites (tertiary alicyclic amines) is 1. The van der Waals surface area contributed by atoms with E-state index in [2.05, 4.69) is 22.5 Å². The molecule has 50 heavy (non-hydrogen) atoms. The lowest BCUT2D eigenvalue weighted by atomic mass is 9.70. The van der Waals surface area contributed by atoms with Gasteiger partial charge in [0, 0.05) is 13.1 Å². The van der Waals surface area contributed by atoms with Crippen molar-refractivity contribution in [2.75, 3.05) is 13.1 Å². The van der Waals surface area contributed by atoms with Crippen LogP contribution < -0.4 is 21.3 Å². The highest BCUT2D eigenvalue weighted by atomic mass is 19.4. The third-order valence-corrected chi connectivity index (χ3v) is 10.3. The van der Waals surface area contributed by atoms with Crippen molar-refractivity contribution in [3.63, 3.8) is 0 Å². The molecule has 2 aliphatic carbocycles. The minimum atomic E-state index is -5.21. The summed E-state index contributed by atoms with van der Waals surface area (Å²) in [6, 6.07) is -4.94. The van der Waals surface area contributed by atoms with Crippen molar-refractivity contribution in [3.05, 3.63) is 12.7 Å². The van der Waals surface area contributed by atoms with Gasteiger partial charge in [-0.05, 0) is 60.7 Å². The Bertz CT molecular complexity index is 1290. The zero-order valence-electron chi connectivity index (χ0n) is 30.3. The van der Waals surface area contributed by atoms with Gasteiger partial charge in [-0.15, -0.1) is 6.58 Å². The van der Waals surface area contributed by atoms with Crippen molar-refractivity contribution in [1.29, 1.82) is 0 Å². The van der Waals surface area contributed by atoms with E-state index in [1.807, 2.05) is 19.2 Å². The number of hydrogen-bond donors (Lipinski definition) is 4. The molecule has 2 saturated carbocycles. The Morgan fingerprint density at radius 3 is 2.06 bits per heavy atom. The van der Waals surface area contributed by atoms with Gasteiger partial charge in [-0.3, -0.25) is 28.8 Å². The molecular weight excluding hydrogens is 655 g/mol. The molecular formula is C36H56F3N5O6. The summed E-state index contributed by atoms with van der Waals surface area (Å²) in [5.74, 6) is -5.89. The maximum atomic E-state index is 14.5. The summed E-state index contributed by atoms with van der Waals surface area (Å²) in [5.41, 5.74) is -1.93. The van der Waals surface area contributed by atoms with Crippen LogP contribution in [0.2, 0.25) is 0 Å². The summed E-state index contributed by atoms with van der Waals surface area (Å²) >= 11 is 0. The minimum Gasteiger partial charge on any atom is -0.346 e. The van der Waals surface area contributed by atoms with Crippen LogP contribution in [-0.4, -0.2) is 83.7 Å². The number of nitrogens with one attached hydrogen (secondary N) is 4. The molecule has 5 amide bonds. The quantitative estimate of drug-likeness (QED) is 0.149. The fraction of sp³-hybridized carbons (Fsp3) is 0.778. The zero-order chi connectivity index (χ0) is 37.6. The zero-order valence-corrected chi connectivity index (χ0v) is 30.3. The van der Waals surface area contributed by atoms with Gasteiger partial charge in [0.15, 0.2) is 0 Å². The van der Waals surface area contributed by atoms with E-state index in [9.17, 15) is 41.9 Å². The lowest BCUT2D eigenvalue weighted by Crippen LogP contribution is -2.64. The average molecular weight is 712 g/mol. The molecule has 3 rings (SSSR count). The molecule has 4 N–H and O–H groups in total. The molecule has 3 aliphatic rings. The standard InChI is InChI=1S/C36H56F3N5O6/c1-8-17-40-30(47)26(45)24(20-22-12-13-22)41-29(46)25-23(19-21(2)3)14-18-44(25)32(49)28(34(4,5)6)42-31(48)27(43-33(50)36(37,38)39)35(7)15-10-9-11-16-35/h8,21-25,27-28H,1,9-20H2,2-7H3,(H,40,47)(H,41,46)(H,42,48)(H,43,50)/t23-,24?,25+,27-,28-/m1/s1. The van der Waals surface area contributed by atoms with Gasteiger partial charge < -0.3 is 26.2 Å². The van der Waals surface area contributed by atoms with Crippen molar-refractivity contribution in [1.82, 2.24) is 26.2 Å². The summed E-state index contributed by atoms with van der Waals surface area (Å²) in [6.45, 7) is 14.5. The van der Waals surface area contributed by atoms with E-state index in [1.165, 1.54) is 11.0 Å². The summed E-state index contributed by atoms with van der Waals surface area (Å²) in [7, 11) is 0. The predicted molar refractivity (Wildman–Crippen MR) is 181 cm³/mol. The molecule has 0 aromatic rings. The molecule has 5 atom stereocenters. The lowest BCUT2D eigenvalue weighted by Gasteiger charge is -2.42. The Labute approximate surface area is 293 Å². The third kappa shape index (κ3) is 10.8. The second-order valence-electron chi connectivity index (χ2n) is 16.2. The van der Waals surface area contributed by atoms with Crippen LogP contribution >= 0.6 is 0 Å². The number of Topliss-reactive ketones (excluding diaryl/α,β-unsaturated/α-hetero) is 1. The molecule has 0 bridgehead atoms. The maximum Gasteiger partial charge on any atom is 0.471 e. The SMILES string of the molecule is C=CCNC(=O)C(=O)C(CC1CC1)NC(=O)[C@@H]1[C@@H](CC(C)C)CCN1C(=O)[C@@H](NC(=O)[C@@H](NC(=O)C(F)(F)F)C1(C)CCCCC1)C(C)(C)C. The molecule has 3 fully saturated rings. The van der Waals surface area contributed by atoms with Crippen molar-refractivity contribution >= 4 is 35.3 Å². The van der Waals surface area contributed by atoms with Crippen LogP contribution in [0.5, 0.6) is 0 Å². The molecule has 14 heteroatoms. The van der Waals surface area contributed by atoms with Crippen molar-refractivity contribution in [2.24, 2.45) is 28.6 Å². The second-order valence-corrected chi connectivity index (χ2v) is 16.2. The fourth-order valence-electron chi connectivity index (χ4n) is 7.35. The molecule has 282 valence electrons. The number of hydrogen-bond acceptors (Lipinski definition) is 6. The summed E-state index contributed by atoms with van der Waals surface area (Å²) in [4.78, 5) is 81.9. The minimum absolute atomic E-state index is 0.0792. The Morgan fingerprint density at radius 2 is 1.54 bits per heavy atom. The molecule has 0 radical (unpaired) electrons. The van der Waals surface area contributed by atoms with E-state index >= 15 is 0 Å². The highest BCUT2D eigenvalue weighted by molar-refractivity contribution is 6.38. The highest BCUT2D eigenvalue weighted by Crippen LogP contribution is 2.40. The predicted octanol–water partition coefficient (Wildman–Crippen LogP) is 3.95. The Morgan fingerprint density at radius 1 is 0.920 bits per heavy atom. The molecule has 11 nitrogen and oxygen atoms in total. The van der Waals surface area contributed by atoms with Gasteiger partial charge >= 0.3 is 12.1 Å². The number of carbonyl (C=O) groups is 6. The monoisotopic (exact) mass is 711 g/mol. The molecule has 1 saturated heterocycles. The highest BCUT2D eigenvalue weighted by Gasteiger charge is 2.50. The second kappa shape index (κ2) is 16.7. The number of rotatable bonds is 15. The van der Waals surface area contributed by atoms with Gasteiger partial charge in [0.25, 0.3) is 5.91 Å². The van der Waals surface area contributed by atoms with E-state index in [0.29, 0.717) is 38.5 Å². The van der Waals surface area contributed by atoms with Crippen LogP contribution in [0.1, 0.15) is 106 Å². The average Bonchev–Trinajstić information content (AvgIpc) is 3.75.